The maximum Gasteiger partial charge on any atom is 0.416 e. The molecule has 1 aromatic heterocycles. The number of benzene rings is 1. The number of halogens is 3. The second-order valence-corrected chi connectivity index (χ2v) is 8.50. The minimum atomic E-state index is -4.43. The van der Waals surface area contributed by atoms with Gasteiger partial charge in [0.1, 0.15) is 5.76 Å². The number of furan rings is 1. The van der Waals surface area contributed by atoms with Crippen molar-refractivity contribution in [3.63, 3.8) is 0 Å². The highest BCUT2D eigenvalue weighted by Gasteiger charge is 2.48. The number of nitrogens with zero attached hydrogens (tertiary/aromatic N) is 2. The van der Waals surface area contributed by atoms with Crippen LogP contribution >= 0.6 is 11.8 Å². The van der Waals surface area contributed by atoms with E-state index in [1.165, 1.54) is 12.1 Å². The van der Waals surface area contributed by atoms with Gasteiger partial charge in [-0.05, 0) is 49.2 Å². The first kappa shape index (κ1) is 19.9. The van der Waals surface area contributed by atoms with E-state index in [0.29, 0.717) is 44.0 Å². The molecule has 2 aliphatic heterocycles. The second-order valence-electron chi connectivity index (χ2n) is 7.16. The summed E-state index contributed by atoms with van der Waals surface area (Å²) < 4.78 is 43.5. The largest absolute Gasteiger partial charge is 0.467 e. The number of carbonyl (C=O) groups excluding carboxylic acids is 2. The molecule has 1 aromatic carbocycles. The Kier molecular flexibility index (Phi) is 5.10. The van der Waals surface area contributed by atoms with Gasteiger partial charge in [0.15, 0.2) is 0 Å². The van der Waals surface area contributed by atoms with Crippen molar-refractivity contribution >= 4 is 23.6 Å². The second kappa shape index (κ2) is 7.44. The van der Waals surface area contributed by atoms with Crippen LogP contribution in [0.5, 0.6) is 0 Å². The van der Waals surface area contributed by atoms with E-state index in [9.17, 15) is 22.8 Å². The Hall–Kier alpha value is -2.42. The van der Waals surface area contributed by atoms with Gasteiger partial charge in [-0.1, -0.05) is 0 Å². The summed E-state index contributed by atoms with van der Waals surface area (Å²) in [5.41, 5.74) is -0.544. The first-order chi connectivity index (χ1) is 13.8. The lowest BCUT2D eigenvalue weighted by Crippen LogP contribution is -2.52. The molecule has 0 aliphatic carbocycles. The molecule has 0 N–H and O–H groups in total. The summed E-state index contributed by atoms with van der Waals surface area (Å²) in [6.45, 7) is 1.27. The van der Waals surface area contributed by atoms with Gasteiger partial charge in [0.2, 0.25) is 5.91 Å². The SMILES string of the molecule is O=C(c1ccc(C(F)(F)F)cc1)N1CCC2(CC1)SCC(=O)N2Cc1ccco1. The molecule has 2 saturated heterocycles. The average molecular weight is 424 g/mol. The summed E-state index contributed by atoms with van der Waals surface area (Å²) in [5.74, 6) is 0.867. The zero-order chi connectivity index (χ0) is 20.6. The van der Waals surface area contributed by atoms with Gasteiger partial charge in [-0.15, -0.1) is 11.8 Å². The predicted octanol–water partition coefficient (Wildman–Crippen LogP) is 4.01. The zero-order valence-electron chi connectivity index (χ0n) is 15.4. The fourth-order valence-electron chi connectivity index (χ4n) is 3.83. The van der Waals surface area contributed by atoms with Gasteiger partial charge in [0, 0.05) is 18.7 Å². The number of alkyl halides is 3. The van der Waals surface area contributed by atoms with E-state index in [1.54, 1.807) is 29.0 Å². The number of amides is 2. The number of piperidine rings is 1. The molecule has 0 bridgehead atoms. The smallest absolute Gasteiger partial charge is 0.416 e. The van der Waals surface area contributed by atoms with E-state index in [4.69, 9.17) is 4.42 Å². The Balaban J connectivity index is 1.43. The van der Waals surface area contributed by atoms with Gasteiger partial charge in [0.05, 0.1) is 29.0 Å². The highest BCUT2D eigenvalue weighted by molar-refractivity contribution is 8.01. The first-order valence-electron chi connectivity index (χ1n) is 9.22. The third kappa shape index (κ3) is 3.88. The summed E-state index contributed by atoms with van der Waals surface area (Å²) >= 11 is 1.59. The quantitative estimate of drug-likeness (QED) is 0.747. The Bertz CT molecular complexity index is 889. The number of carbonyl (C=O) groups is 2. The van der Waals surface area contributed by atoms with Crippen LogP contribution in [0.4, 0.5) is 13.2 Å². The van der Waals surface area contributed by atoms with Crippen LogP contribution in [0.3, 0.4) is 0 Å². The van der Waals surface area contributed by atoms with Crippen LogP contribution in [0, 0.1) is 0 Å². The molecule has 1 spiro atoms. The third-order valence-electron chi connectivity index (χ3n) is 5.44. The molecule has 154 valence electrons. The molecule has 2 fully saturated rings. The van der Waals surface area contributed by atoms with Gasteiger partial charge < -0.3 is 14.2 Å². The molecule has 0 radical (unpaired) electrons. The van der Waals surface area contributed by atoms with Gasteiger partial charge in [-0.3, -0.25) is 9.59 Å². The fraction of sp³-hybridized carbons (Fsp3) is 0.400. The molecule has 2 amide bonds. The van der Waals surface area contributed by atoms with Crippen LogP contribution in [-0.2, 0) is 17.5 Å². The Morgan fingerprint density at radius 3 is 2.41 bits per heavy atom. The summed E-state index contributed by atoms with van der Waals surface area (Å²) in [4.78, 5) is 28.2. The highest BCUT2D eigenvalue weighted by atomic mass is 32.2. The summed E-state index contributed by atoms with van der Waals surface area (Å²) in [5, 5.41) is 0. The normalized spacial score (nSPS) is 19.2. The maximum atomic E-state index is 12.7. The van der Waals surface area contributed by atoms with Crippen molar-refractivity contribution < 1.29 is 27.2 Å². The number of hydrogen-bond donors (Lipinski definition) is 0. The molecule has 0 atom stereocenters. The molecule has 4 rings (SSSR count). The van der Waals surface area contributed by atoms with Crippen LogP contribution in [0.15, 0.2) is 47.1 Å². The van der Waals surface area contributed by atoms with Crippen molar-refractivity contribution in [3.05, 3.63) is 59.5 Å². The number of rotatable bonds is 3. The molecular weight excluding hydrogens is 405 g/mol. The Labute approximate surface area is 169 Å². The average Bonchev–Trinajstić information content (AvgIpc) is 3.32. The lowest BCUT2D eigenvalue weighted by molar-refractivity contribution is -0.137. The van der Waals surface area contributed by atoms with Crippen molar-refractivity contribution in [2.45, 2.75) is 30.4 Å². The van der Waals surface area contributed by atoms with Gasteiger partial charge >= 0.3 is 6.18 Å². The van der Waals surface area contributed by atoms with Crippen molar-refractivity contribution in [1.29, 1.82) is 0 Å². The molecule has 5 nitrogen and oxygen atoms in total. The third-order valence-corrected chi connectivity index (χ3v) is 7.00. The van der Waals surface area contributed by atoms with Gasteiger partial charge in [-0.25, -0.2) is 0 Å². The Morgan fingerprint density at radius 2 is 1.83 bits per heavy atom. The molecule has 29 heavy (non-hydrogen) atoms. The van der Waals surface area contributed by atoms with Crippen LogP contribution in [0.1, 0.15) is 34.5 Å². The fourth-order valence-corrected chi connectivity index (χ4v) is 5.17. The van der Waals surface area contributed by atoms with E-state index >= 15 is 0 Å². The van der Waals surface area contributed by atoms with Crippen molar-refractivity contribution in [2.75, 3.05) is 18.8 Å². The first-order valence-corrected chi connectivity index (χ1v) is 10.2. The molecule has 0 unspecified atom stereocenters. The number of thioether (sulfide) groups is 1. The lowest BCUT2D eigenvalue weighted by atomic mass is 10.0. The van der Waals surface area contributed by atoms with Gasteiger partial charge in [0.25, 0.3) is 5.91 Å². The van der Waals surface area contributed by atoms with Gasteiger partial charge in [-0.2, -0.15) is 13.2 Å². The monoisotopic (exact) mass is 424 g/mol. The van der Waals surface area contributed by atoms with E-state index in [2.05, 4.69) is 0 Å². The molecule has 3 heterocycles. The molecular formula is C20H19F3N2O3S. The van der Waals surface area contributed by atoms with Crippen LogP contribution in [-0.4, -0.2) is 45.3 Å². The van der Waals surface area contributed by atoms with Crippen LogP contribution in [0.25, 0.3) is 0 Å². The molecule has 9 heteroatoms. The topological polar surface area (TPSA) is 53.8 Å². The summed E-state index contributed by atoms with van der Waals surface area (Å²) in [6.07, 6.45) is -1.64. The van der Waals surface area contributed by atoms with Crippen molar-refractivity contribution in [1.82, 2.24) is 9.80 Å². The number of hydrogen-bond acceptors (Lipinski definition) is 4. The maximum absolute atomic E-state index is 12.7. The minimum Gasteiger partial charge on any atom is -0.467 e. The van der Waals surface area contributed by atoms with E-state index in [-0.39, 0.29) is 22.2 Å². The van der Waals surface area contributed by atoms with E-state index in [0.717, 1.165) is 12.1 Å². The van der Waals surface area contributed by atoms with Crippen molar-refractivity contribution in [3.8, 4) is 0 Å². The lowest BCUT2D eigenvalue weighted by Gasteiger charge is -2.43. The summed E-state index contributed by atoms with van der Waals surface area (Å²) in [6, 6.07) is 7.89. The van der Waals surface area contributed by atoms with Crippen molar-refractivity contribution in [2.24, 2.45) is 0 Å². The van der Waals surface area contributed by atoms with E-state index in [1.807, 2.05) is 11.0 Å². The Morgan fingerprint density at radius 1 is 1.14 bits per heavy atom. The van der Waals surface area contributed by atoms with E-state index < -0.39 is 11.7 Å². The molecule has 2 aliphatic rings. The molecule has 2 aromatic rings. The standard InChI is InChI=1S/C20H19F3N2O3S/c21-20(22,23)15-5-3-14(4-6-15)18(27)24-9-7-19(8-10-24)25(17(26)13-29-19)12-16-2-1-11-28-16/h1-6,11H,7-10,12-13H2. The van der Waals surface area contributed by atoms with Crippen LogP contribution < -0.4 is 0 Å². The van der Waals surface area contributed by atoms with Crippen LogP contribution in [0.2, 0.25) is 0 Å². The predicted molar refractivity (Wildman–Crippen MR) is 101 cm³/mol. The number of likely N-dealkylation sites (tertiary alicyclic amines) is 1. The zero-order valence-corrected chi connectivity index (χ0v) is 16.3. The minimum absolute atomic E-state index is 0.0499. The molecule has 0 saturated carbocycles. The summed E-state index contributed by atoms with van der Waals surface area (Å²) in [7, 11) is 0. The highest BCUT2D eigenvalue weighted by Crippen LogP contribution is 2.45.